The zero-order valence-electron chi connectivity index (χ0n) is 30.1. The zero-order chi connectivity index (χ0) is 35.8. The Labute approximate surface area is 291 Å². The number of ether oxygens (including phenoxy) is 2. The number of imidazole rings is 2. The molecule has 0 amide bonds. The Kier molecular flexibility index (Phi) is 14.3. The first-order valence-electron chi connectivity index (χ1n) is 15.9. The number of nitrogens with zero attached hydrogens (tertiary/aromatic N) is 4. The summed E-state index contributed by atoms with van der Waals surface area (Å²) in [5.74, 6) is 2.20. The predicted octanol–water partition coefficient (Wildman–Crippen LogP) is 10.3. The minimum Gasteiger partial charge on any atom is -0.485 e. The second-order valence-electron chi connectivity index (χ2n) is 13.8. The van der Waals surface area contributed by atoms with Crippen LogP contribution >= 0.6 is 0 Å². The van der Waals surface area contributed by atoms with Crippen molar-refractivity contribution in [1.29, 1.82) is 0 Å². The topological polar surface area (TPSA) is 54.1 Å². The van der Waals surface area contributed by atoms with Crippen molar-refractivity contribution >= 4 is 0 Å². The molecule has 0 saturated carbocycles. The van der Waals surface area contributed by atoms with Gasteiger partial charge in [-0.25, -0.2) is 23.1 Å². The van der Waals surface area contributed by atoms with Crippen molar-refractivity contribution in [3.05, 3.63) is 130 Å². The lowest BCUT2D eigenvalue weighted by Gasteiger charge is -2.23. The molecule has 2 aromatic heterocycles. The summed E-state index contributed by atoms with van der Waals surface area (Å²) < 4.78 is 55.8. The molecule has 0 aliphatic heterocycles. The van der Waals surface area contributed by atoms with Crippen LogP contribution in [-0.4, -0.2) is 19.1 Å². The lowest BCUT2D eigenvalue weighted by atomic mass is 9.84. The van der Waals surface area contributed by atoms with Crippen LogP contribution in [0, 0.1) is 38.2 Å². The Balaban J connectivity index is 0.000000259. The van der Waals surface area contributed by atoms with Gasteiger partial charge in [0.2, 0.25) is 0 Å². The third kappa shape index (κ3) is 11.0. The Hall–Kier alpha value is -4.53. The normalized spacial score (nSPS) is 11.1. The quantitative estimate of drug-likeness (QED) is 0.179. The average molecular weight is 679 g/mol. The molecule has 0 fully saturated rings. The summed E-state index contributed by atoms with van der Waals surface area (Å²) in [7, 11) is 3.83. The Morgan fingerprint density at radius 2 is 1.16 bits per heavy atom. The van der Waals surface area contributed by atoms with E-state index in [1.807, 2.05) is 90.9 Å². The van der Waals surface area contributed by atoms with E-state index in [-0.39, 0.29) is 35.7 Å². The molecular weight excluding hydrogens is 625 g/mol. The highest BCUT2D eigenvalue weighted by Gasteiger charge is 2.23. The van der Waals surface area contributed by atoms with Crippen LogP contribution in [0.4, 0.5) is 13.2 Å². The molecule has 49 heavy (non-hydrogen) atoms. The van der Waals surface area contributed by atoms with E-state index in [0.29, 0.717) is 35.8 Å². The monoisotopic (exact) mass is 678 g/mol. The molecule has 3 aromatic carbocycles. The van der Waals surface area contributed by atoms with Gasteiger partial charge in [-0.1, -0.05) is 73.2 Å². The van der Waals surface area contributed by atoms with Gasteiger partial charge in [0.1, 0.15) is 53.8 Å². The molecule has 0 unspecified atom stereocenters. The molecule has 0 aliphatic carbocycles. The highest BCUT2D eigenvalue weighted by atomic mass is 19.1. The van der Waals surface area contributed by atoms with Gasteiger partial charge in [0.25, 0.3) is 0 Å². The summed E-state index contributed by atoms with van der Waals surface area (Å²) >= 11 is 0. The van der Waals surface area contributed by atoms with Crippen molar-refractivity contribution in [1.82, 2.24) is 19.1 Å². The Bertz CT molecular complexity index is 1780. The van der Waals surface area contributed by atoms with Crippen LogP contribution in [0.3, 0.4) is 0 Å². The smallest absolute Gasteiger partial charge is 0.146 e. The maximum Gasteiger partial charge on any atom is 0.146 e. The van der Waals surface area contributed by atoms with Crippen LogP contribution < -0.4 is 9.47 Å². The molecule has 6 nitrogen and oxygen atoms in total. The third-order valence-corrected chi connectivity index (χ3v) is 7.87. The number of halogens is 3. The summed E-state index contributed by atoms with van der Waals surface area (Å²) in [5.41, 5.74) is 3.65. The molecule has 0 radical (unpaired) electrons. The van der Waals surface area contributed by atoms with Gasteiger partial charge in [0.05, 0.1) is 0 Å². The summed E-state index contributed by atoms with van der Waals surface area (Å²) in [6, 6.07) is 15.0. The molecule has 2 heterocycles. The van der Waals surface area contributed by atoms with E-state index >= 15 is 0 Å². The molecule has 0 saturated heterocycles. The van der Waals surface area contributed by atoms with Gasteiger partial charge in [-0.3, -0.25) is 0 Å². The van der Waals surface area contributed by atoms with Crippen molar-refractivity contribution in [3.63, 3.8) is 0 Å². The van der Waals surface area contributed by atoms with Gasteiger partial charge in [-0.2, -0.15) is 0 Å². The van der Waals surface area contributed by atoms with Crippen molar-refractivity contribution in [3.8, 4) is 11.5 Å². The van der Waals surface area contributed by atoms with E-state index in [1.165, 1.54) is 18.2 Å². The third-order valence-electron chi connectivity index (χ3n) is 7.87. The van der Waals surface area contributed by atoms with Crippen molar-refractivity contribution in [2.45, 2.75) is 93.8 Å². The molecular formula is C40H53F3N4O2. The fourth-order valence-electron chi connectivity index (χ4n) is 5.18. The predicted molar refractivity (Wildman–Crippen MR) is 193 cm³/mol. The van der Waals surface area contributed by atoms with Crippen molar-refractivity contribution < 1.29 is 22.6 Å². The van der Waals surface area contributed by atoms with Crippen LogP contribution in [0.5, 0.6) is 11.5 Å². The second-order valence-corrected chi connectivity index (χ2v) is 13.8. The van der Waals surface area contributed by atoms with Crippen LogP contribution in [0.1, 0.15) is 88.6 Å². The number of hydrogen-bond acceptors (Lipinski definition) is 4. The molecule has 9 heteroatoms. The van der Waals surface area contributed by atoms with Gasteiger partial charge >= 0.3 is 0 Å². The molecule has 0 atom stereocenters. The van der Waals surface area contributed by atoms with Crippen molar-refractivity contribution in [2.75, 3.05) is 0 Å². The number of aryl methyl sites for hydroxylation is 3. The van der Waals surface area contributed by atoms with Crippen molar-refractivity contribution in [2.24, 2.45) is 14.1 Å². The highest BCUT2D eigenvalue weighted by Crippen LogP contribution is 2.34. The first-order valence-corrected chi connectivity index (χ1v) is 15.9. The molecule has 0 bridgehead atoms. The van der Waals surface area contributed by atoms with E-state index in [1.54, 1.807) is 49.6 Å². The summed E-state index contributed by atoms with van der Waals surface area (Å²) in [4.78, 5) is 8.42. The van der Waals surface area contributed by atoms with E-state index in [2.05, 4.69) is 9.97 Å². The van der Waals surface area contributed by atoms with Gasteiger partial charge in [-0.05, 0) is 73.1 Å². The summed E-state index contributed by atoms with van der Waals surface area (Å²) in [6.07, 6.45) is 5.36. The van der Waals surface area contributed by atoms with Crippen LogP contribution in [0.25, 0.3) is 0 Å². The van der Waals surface area contributed by atoms with Crippen LogP contribution in [0.15, 0.2) is 73.2 Å². The zero-order valence-corrected chi connectivity index (χ0v) is 30.1. The first kappa shape index (κ1) is 40.6. The summed E-state index contributed by atoms with van der Waals surface area (Å²) in [5, 5.41) is 0. The van der Waals surface area contributed by atoms with E-state index in [9.17, 15) is 13.2 Å². The average Bonchev–Trinajstić information content (AvgIpc) is 3.55. The standard InChI is InChI=1S/C15H19FN2O.C13H15FN2O.C11H15F.CH4/c1-15(2,3)14-11(16)6-5-7-12(14)19-10-13-17-8-9-18(13)4;1-9-7-15-13(16(9)3)8-17-12-6-4-5-11(14)10(12)2;1-8-6-5-7-9(12)10(8)11(2,3)4;/h5-9H,10H2,1-4H3;4-7H,8H2,1-3H3;5-7H,1-4H3;1H4. The Morgan fingerprint density at radius 1 is 0.653 bits per heavy atom. The molecule has 0 spiro atoms. The SMILES string of the molecule is C.Cc1c(F)cccc1OCc1ncc(C)n1C.Cc1cccc(F)c1C(C)(C)C.Cn1ccnc1COc1cccc(F)c1C(C)(C)C. The largest absolute Gasteiger partial charge is 0.485 e. The minimum absolute atomic E-state index is 0. The van der Waals surface area contributed by atoms with Gasteiger partial charge < -0.3 is 18.6 Å². The maximum absolute atomic E-state index is 14.0. The maximum atomic E-state index is 14.0. The molecule has 5 aromatic rings. The van der Waals surface area contributed by atoms with E-state index < -0.39 is 0 Å². The molecule has 0 aliphatic rings. The lowest BCUT2D eigenvalue weighted by Crippen LogP contribution is -2.16. The fraction of sp³-hybridized carbons (Fsp3) is 0.400. The number of aromatic nitrogens is 4. The van der Waals surface area contributed by atoms with Gasteiger partial charge in [-0.15, -0.1) is 0 Å². The van der Waals surface area contributed by atoms with E-state index in [0.717, 1.165) is 28.5 Å². The molecule has 266 valence electrons. The molecule has 5 rings (SSSR count). The second kappa shape index (κ2) is 17.2. The highest BCUT2D eigenvalue weighted by molar-refractivity contribution is 5.39. The minimum atomic E-state index is -0.303. The van der Waals surface area contributed by atoms with Gasteiger partial charge in [0, 0.05) is 49.5 Å². The van der Waals surface area contributed by atoms with Crippen LogP contribution in [0.2, 0.25) is 0 Å². The summed E-state index contributed by atoms with van der Waals surface area (Å²) in [6.45, 7) is 18.3. The lowest BCUT2D eigenvalue weighted by molar-refractivity contribution is 0.281. The first-order chi connectivity index (χ1) is 22.4. The number of rotatable bonds is 6. The van der Waals surface area contributed by atoms with E-state index in [4.69, 9.17) is 9.47 Å². The Morgan fingerprint density at radius 3 is 1.65 bits per heavy atom. The van der Waals surface area contributed by atoms with Gasteiger partial charge in [0.15, 0.2) is 0 Å². The fourth-order valence-corrected chi connectivity index (χ4v) is 5.18. The molecule has 0 N–H and O–H groups in total. The van der Waals surface area contributed by atoms with Crippen LogP contribution in [-0.2, 0) is 38.1 Å². The number of benzene rings is 3. The number of hydrogen-bond donors (Lipinski definition) is 0.